The lowest BCUT2D eigenvalue weighted by Crippen LogP contribution is -2.48. The number of benzene rings is 1. The van der Waals surface area contributed by atoms with Gasteiger partial charge < -0.3 is 25.3 Å². The predicted molar refractivity (Wildman–Crippen MR) is 164 cm³/mol. The number of hydrogen-bond donors (Lipinski definition) is 3. The first-order valence-electron chi connectivity index (χ1n) is 16.3. The monoisotopic (exact) mass is 712 g/mol. The van der Waals surface area contributed by atoms with Crippen LogP contribution in [0.2, 0.25) is 0 Å². The normalized spacial score (nSPS) is 28.6. The molecule has 1 aromatic heterocycles. The molecule has 3 N–H and O–H groups in total. The van der Waals surface area contributed by atoms with Crippen molar-refractivity contribution in [3.63, 3.8) is 0 Å². The Morgan fingerprint density at radius 3 is 2.52 bits per heavy atom. The van der Waals surface area contributed by atoms with Gasteiger partial charge in [0.05, 0.1) is 30.4 Å². The van der Waals surface area contributed by atoms with Crippen molar-refractivity contribution in [1.29, 1.82) is 0 Å². The molecule has 1 aromatic carbocycles. The Morgan fingerprint density at radius 1 is 1.10 bits per heavy atom. The molecule has 0 radical (unpaired) electrons. The molecule has 3 saturated carbocycles. The van der Waals surface area contributed by atoms with Crippen LogP contribution in [0.4, 0.5) is 36.4 Å². The van der Waals surface area contributed by atoms with Crippen LogP contribution in [0.3, 0.4) is 0 Å². The van der Waals surface area contributed by atoms with Crippen molar-refractivity contribution in [3.8, 4) is 5.88 Å². The largest absolute Gasteiger partial charge is 0.480 e. The molecule has 3 fully saturated rings. The number of ether oxygens (including phenoxy) is 1. The molecule has 8 atom stereocenters. The van der Waals surface area contributed by atoms with Crippen LogP contribution in [0.25, 0.3) is 0 Å². The number of oxime groups is 1. The third kappa shape index (κ3) is 7.03. The van der Waals surface area contributed by atoms with E-state index in [1.54, 1.807) is 6.92 Å². The number of anilines is 1. The predicted octanol–water partition coefficient (Wildman–Crippen LogP) is 6.42. The van der Waals surface area contributed by atoms with E-state index in [4.69, 9.17) is 9.57 Å². The highest BCUT2D eigenvalue weighted by atomic mass is 19.4. The number of hydrogen-bond acceptors (Lipinski definition) is 7. The van der Waals surface area contributed by atoms with Crippen molar-refractivity contribution < 1.29 is 55.0 Å². The summed E-state index contributed by atoms with van der Waals surface area (Å²) in [5, 5.41) is 19.6. The maximum Gasteiger partial charge on any atom is 0.419 e. The summed E-state index contributed by atoms with van der Waals surface area (Å²) in [5.74, 6) is -5.40. The number of carbonyl (C=O) groups is 2. The number of nitrogens with one attached hydrogen (secondary N) is 2. The third-order valence-corrected chi connectivity index (χ3v) is 10.3. The first-order valence-corrected chi connectivity index (χ1v) is 16.3. The Hall–Kier alpha value is -4.21. The lowest BCUT2D eigenvalue weighted by molar-refractivity contribution is -0.140. The summed E-state index contributed by atoms with van der Waals surface area (Å²) in [6.45, 7) is 1.71. The third-order valence-electron chi connectivity index (χ3n) is 10.3. The smallest absolute Gasteiger partial charge is 0.419 e. The average Bonchev–Trinajstić information content (AvgIpc) is 3.80. The van der Waals surface area contributed by atoms with Crippen molar-refractivity contribution in [2.24, 2.45) is 34.7 Å². The van der Waals surface area contributed by atoms with Gasteiger partial charge in [-0.2, -0.15) is 26.3 Å². The quantitative estimate of drug-likeness (QED) is 0.204. The maximum atomic E-state index is 14.0. The number of aromatic nitrogens is 1. The van der Waals surface area contributed by atoms with Gasteiger partial charge in [-0.1, -0.05) is 16.8 Å². The first kappa shape index (κ1) is 35.6. The SMILES string of the molecule is COc1ncc(C2=NOC3CC(C(C)O)CC23)cc1C(=O)N[C@H]1[C@@H](C(=O)Nc2ccc(F)c(C(F)(F)F)c2)[C@H]2CC[C@@H]1/C2=C\CCC(F)(F)F. The number of pyridine rings is 1. The van der Waals surface area contributed by atoms with Crippen molar-refractivity contribution in [3.05, 3.63) is 64.6 Å². The molecule has 9 nitrogen and oxygen atoms in total. The summed E-state index contributed by atoms with van der Waals surface area (Å²) < 4.78 is 98.5. The van der Waals surface area contributed by atoms with Gasteiger partial charge in [0.15, 0.2) is 0 Å². The van der Waals surface area contributed by atoms with E-state index in [0.717, 1.165) is 6.07 Å². The number of aliphatic hydroxyl groups is 1. The number of allylic oxidation sites excluding steroid dienone is 1. The van der Waals surface area contributed by atoms with Gasteiger partial charge in [-0.3, -0.25) is 9.59 Å². The number of alkyl halides is 6. The molecule has 0 saturated heterocycles. The molecule has 0 spiro atoms. The van der Waals surface area contributed by atoms with E-state index in [1.165, 1.54) is 25.4 Å². The van der Waals surface area contributed by atoms with Crippen LogP contribution in [-0.4, -0.2) is 59.2 Å². The molecule has 1 aliphatic heterocycles. The summed E-state index contributed by atoms with van der Waals surface area (Å²) >= 11 is 0. The second kappa shape index (κ2) is 13.5. The number of fused-ring (bicyclic) bond motifs is 3. The van der Waals surface area contributed by atoms with Crippen LogP contribution in [0.5, 0.6) is 5.88 Å². The molecule has 2 bridgehead atoms. The Kier molecular flexibility index (Phi) is 9.61. The molecule has 50 heavy (non-hydrogen) atoms. The van der Waals surface area contributed by atoms with E-state index in [2.05, 4.69) is 20.8 Å². The zero-order valence-electron chi connectivity index (χ0n) is 26.9. The molecule has 2 aromatic rings. The fraction of sp³-hybridized carbons (Fsp3) is 0.529. The molecular weight excluding hydrogens is 677 g/mol. The summed E-state index contributed by atoms with van der Waals surface area (Å²) in [6.07, 6.45) is -6.71. The Balaban J connectivity index is 1.28. The minimum atomic E-state index is -5.03. The fourth-order valence-corrected chi connectivity index (χ4v) is 7.97. The Labute approximate surface area is 282 Å². The van der Waals surface area contributed by atoms with Crippen LogP contribution in [0, 0.1) is 35.4 Å². The van der Waals surface area contributed by atoms with E-state index in [-0.39, 0.29) is 41.5 Å². The van der Waals surface area contributed by atoms with Crippen molar-refractivity contribution in [1.82, 2.24) is 10.3 Å². The number of rotatable bonds is 9. The van der Waals surface area contributed by atoms with Crippen LogP contribution < -0.4 is 15.4 Å². The van der Waals surface area contributed by atoms with Gasteiger partial charge in [0, 0.05) is 41.7 Å². The van der Waals surface area contributed by atoms with Crippen molar-refractivity contribution in [2.75, 3.05) is 12.4 Å². The molecule has 16 heteroatoms. The second-order valence-corrected chi connectivity index (χ2v) is 13.3. The van der Waals surface area contributed by atoms with Crippen molar-refractivity contribution in [2.45, 2.75) is 76.1 Å². The maximum absolute atomic E-state index is 14.0. The average molecular weight is 713 g/mol. The highest BCUT2D eigenvalue weighted by Gasteiger charge is 2.55. The van der Waals surface area contributed by atoms with E-state index < -0.39 is 71.9 Å². The molecule has 2 heterocycles. The van der Waals surface area contributed by atoms with Crippen LogP contribution >= 0.6 is 0 Å². The van der Waals surface area contributed by atoms with Crippen molar-refractivity contribution >= 4 is 23.2 Å². The van der Waals surface area contributed by atoms with Crippen LogP contribution in [-0.2, 0) is 15.8 Å². The van der Waals surface area contributed by atoms with E-state index in [9.17, 15) is 45.4 Å². The van der Waals surface area contributed by atoms with Gasteiger partial charge in [-0.25, -0.2) is 9.37 Å². The molecule has 4 aliphatic rings. The summed E-state index contributed by atoms with van der Waals surface area (Å²) in [6, 6.07) is 2.57. The molecule has 2 amide bonds. The summed E-state index contributed by atoms with van der Waals surface area (Å²) in [4.78, 5) is 37.6. The Bertz CT molecular complexity index is 1710. The highest BCUT2D eigenvalue weighted by molar-refractivity contribution is 6.06. The van der Waals surface area contributed by atoms with Crippen LogP contribution in [0.15, 0.2) is 47.3 Å². The van der Waals surface area contributed by atoms with Gasteiger partial charge >= 0.3 is 12.4 Å². The number of carbonyl (C=O) groups excluding carboxylic acids is 2. The highest BCUT2D eigenvalue weighted by Crippen LogP contribution is 2.53. The molecule has 6 rings (SSSR count). The molecule has 4 unspecified atom stereocenters. The number of nitrogens with zero attached hydrogens (tertiary/aromatic N) is 2. The van der Waals surface area contributed by atoms with Gasteiger partial charge in [-0.15, -0.1) is 0 Å². The first-order chi connectivity index (χ1) is 23.6. The fourth-order valence-electron chi connectivity index (χ4n) is 7.97. The van der Waals surface area contributed by atoms with E-state index in [1.807, 2.05) is 0 Å². The zero-order chi connectivity index (χ0) is 36.1. The minimum absolute atomic E-state index is 0.00121. The Morgan fingerprint density at radius 2 is 1.84 bits per heavy atom. The van der Waals surface area contributed by atoms with Gasteiger partial charge in [0.1, 0.15) is 17.5 Å². The number of halogens is 7. The summed E-state index contributed by atoms with van der Waals surface area (Å²) in [5.41, 5.74) is -0.346. The number of methoxy groups -OCH3 is 1. The minimum Gasteiger partial charge on any atom is -0.480 e. The van der Waals surface area contributed by atoms with Gasteiger partial charge in [0.2, 0.25) is 11.8 Å². The second-order valence-electron chi connectivity index (χ2n) is 13.3. The standard InChI is InChI=1S/C34H35F7N4O5/c1-15(46)16-10-22-26(12-16)50-45-28(22)17-11-23(32(49-2)42-14-17)30(47)44-29-21-7-6-20(19(21)4-3-9-33(36,37)38)27(29)31(48)43-18-5-8-25(35)24(13-18)34(39,40)41/h4-5,8,11,13-16,20-22,26-27,29,46H,3,6-7,9-10,12H2,1-2H3,(H,43,48)(H,44,47)/b19-4-/t15?,16?,20-,21+,22?,26?,27-,29+/m0/s1. The van der Waals surface area contributed by atoms with E-state index >= 15 is 0 Å². The number of amides is 2. The lowest BCUT2D eigenvalue weighted by atomic mass is 9.83. The molecule has 3 aliphatic carbocycles. The van der Waals surface area contributed by atoms with Crippen LogP contribution in [0.1, 0.15) is 66.9 Å². The zero-order valence-corrected chi connectivity index (χ0v) is 26.9. The van der Waals surface area contributed by atoms with Gasteiger partial charge in [0.25, 0.3) is 5.91 Å². The van der Waals surface area contributed by atoms with Gasteiger partial charge in [-0.05, 0) is 75.1 Å². The topological polar surface area (TPSA) is 122 Å². The summed E-state index contributed by atoms with van der Waals surface area (Å²) in [7, 11) is 1.31. The molecular formula is C34H35F7N4O5. The van der Waals surface area contributed by atoms with E-state index in [0.29, 0.717) is 54.7 Å². The molecule has 270 valence electrons. The number of aliphatic hydroxyl groups excluding tert-OH is 1. The lowest BCUT2D eigenvalue weighted by Gasteiger charge is -2.30.